The summed E-state index contributed by atoms with van der Waals surface area (Å²) in [4.78, 5) is 23.5. The first-order valence-corrected chi connectivity index (χ1v) is 8.58. The van der Waals surface area contributed by atoms with Crippen molar-refractivity contribution in [1.82, 2.24) is 10.8 Å². The number of hydrogen-bond donors (Lipinski definition) is 3. The highest BCUT2D eigenvalue weighted by molar-refractivity contribution is 5.96. The van der Waals surface area contributed by atoms with Gasteiger partial charge in [0.15, 0.2) is 5.76 Å². The maximum absolute atomic E-state index is 12.3. The molecule has 1 heterocycles. The van der Waals surface area contributed by atoms with Crippen LogP contribution in [-0.2, 0) is 11.3 Å². The summed E-state index contributed by atoms with van der Waals surface area (Å²) in [5.74, 6) is -0.175. The highest BCUT2D eigenvalue weighted by atomic mass is 16.5. The predicted molar refractivity (Wildman–Crippen MR) is 100 cm³/mol. The summed E-state index contributed by atoms with van der Waals surface area (Å²) in [5.41, 5.74) is 3.38. The van der Waals surface area contributed by atoms with E-state index in [4.69, 9.17) is 19.1 Å². The molecule has 3 N–H and O–H groups in total. The molecule has 0 radical (unpaired) electrons. The van der Waals surface area contributed by atoms with Crippen LogP contribution < -0.4 is 15.5 Å². The number of carbonyl (C=O) groups excluding carboxylic acids is 2. The average Bonchev–Trinajstić information content (AvgIpc) is 3.16. The van der Waals surface area contributed by atoms with Gasteiger partial charge < -0.3 is 19.2 Å². The third kappa shape index (κ3) is 4.48. The van der Waals surface area contributed by atoms with E-state index in [0.717, 1.165) is 10.9 Å². The molecule has 0 saturated heterocycles. The number of benzene rings is 2. The van der Waals surface area contributed by atoms with Crippen molar-refractivity contribution in [2.75, 3.05) is 20.3 Å². The molecule has 2 aromatic carbocycles. The van der Waals surface area contributed by atoms with Gasteiger partial charge in [-0.2, -0.15) is 0 Å². The van der Waals surface area contributed by atoms with Gasteiger partial charge >= 0.3 is 0 Å². The number of hydrogen-bond acceptors (Lipinski definition) is 6. The topological polar surface area (TPSA) is 110 Å². The summed E-state index contributed by atoms with van der Waals surface area (Å²) < 4.78 is 16.3. The molecule has 0 spiro atoms. The molecule has 0 saturated carbocycles. The zero-order valence-electron chi connectivity index (χ0n) is 15.2. The lowest BCUT2D eigenvalue weighted by Crippen LogP contribution is -2.27. The normalized spacial score (nSPS) is 10.6. The number of nitrogens with one attached hydrogen (secondary N) is 2. The Morgan fingerprint density at radius 1 is 1.11 bits per heavy atom. The van der Waals surface area contributed by atoms with Gasteiger partial charge in [-0.05, 0) is 30.3 Å². The highest BCUT2D eigenvalue weighted by Crippen LogP contribution is 2.23. The summed E-state index contributed by atoms with van der Waals surface area (Å²) in [6.07, 6.45) is 0. The molecule has 0 bridgehead atoms. The molecule has 0 aliphatic rings. The Morgan fingerprint density at radius 3 is 2.61 bits per heavy atom. The highest BCUT2D eigenvalue weighted by Gasteiger charge is 2.14. The lowest BCUT2D eigenvalue weighted by atomic mass is 10.1. The lowest BCUT2D eigenvalue weighted by molar-refractivity contribution is 0.0706. The molecule has 0 atom stereocenters. The van der Waals surface area contributed by atoms with E-state index in [-0.39, 0.29) is 24.8 Å². The first kappa shape index (κ1) is 19.4. The van der Waals surface area contributed by atoms with Crippen LogP contribution in [0.4, 0.5) is 0 Å². The molecular weight excluding hydrogens is 364 g/mol. The van der Waals surface area contributed by atoms with Crippen molar-refractivity contribution in [3.8, 4) is 5.75 Å². The standard InChI is InChI=1S/C20H20N2O6/c1-26-12-15-4-2-3-14-11-17(28-18(14)15)20(24)21-9-10-27-16-7-5-13(6-8-16)19(23)22-25/h2-8,11,25H,9-10,12H2,1H3,(H,21,24)(H,22,23). The monoisotopic (exact) mass is 384 g/mol. The van der Waals surface area contributed by atoms with Crippen LogP contribution in [0.15, 0.2) is 52.9 Å². The zero-order chi connectivity index (χ0) is 19.9. The minimum Gasteiger partial charge on any atom is -0.492 e. The van der Waals surface area contributed by atoms with Crippen LogP contribution in [0.3, 0.4) is 0 Å². The van der Waals surface area contributed by atoms with E-state index >= 15 is 0 Å². The number of methoxy groups -OCH3 is 1. The van der Waals surface area contributed by atoms with Crippen molar-refractivity contribution >= 4 is 22.8 Å². The molecule has 0 unspecified atom stereocenters. The van der Waals surface area contributed by atoms with E-state index in [2.05, 4.69) is 5.32 Å². The molecule has 8 heteroatoms. The second-order valence-corrected chi connectivity index (χ2v) is 5.95. The molecule has 1 aromatic heterocycles. The smallest absolute Gasteiger partial charge is 0.287 e. The summed E-state index contributed by atoms with van der Waals surface area (Å²) >= 11 is 0. The van der Waals surface area contributed by atoms with Crippen LogP contribution >= 0.6 is 0 Å². The van der Waals surface area contributed by atoms with Gasteiger partial charge in [0, 0.05) is 23.6 Å². The average molecular weight is 384 g/mol. The van der Waals surface area contributed by atoms with E-state index in [1.165, 1.54) is 12.1 Å². The molecule has 0 fully saturated rings. The summed E-state index contributed by atoms with van der Waals surface area (Å²) in [6, 6.07) is 13.6. The number of hydroxylamine groups is 1. The van der Waals surface area contributed by atoms with Crippen molar-refractivity contribution in [2.45, 2.75) is 6.61 Å². The van der Waals surface area contributed by atoms with Crippen molar-refractivity contribution in [2.24, 2.45) is 0 Å². The van der Waals surface area contributed by atoms with Gasteiger partial charge in [-0.25, -0.2) is 5.48 Å². The Labute approximate surface area is 161 Å². The quantitative estimate of drug-likeness (QED) is 0.313. The molecule has 2 amide bonds. The molecule has 8 nitrogen and oxygen atoms in total. The fourth-order valence-electron chi connectivity index (χ4n) is 2.69. The van der Waals surface area contributed by atoms with Gasteiger partial charge in [-0.15, -0.1) is 0 Å². The second kappa shape index (κ2) is 9.03. The fraction of sp³-hybridized carbons (Fsp3) is 0.200. The first-order chi connectivity index (χ1) is 13.6. The number of carbonyl (C=O) groups is 2. The molecule has 3 aromatic rings. The van der Waals surface area contributed by atoms with E-state index in [1.54, 1.807) is 30.8 Å². The van der Waals surface area contributed by atoms with Gasteiger partial charge in [0.05, 0.1) is 13.2 Å². The van der Waals surface area contributed by atoms with Crippen LogP contribution in [0.2, 0.25) is 0 Å². The Bertz CT molecular complexity index is 964. The second-order valence-electron chi connectivity index (χ2n) is 5.95. The third-order valence-electron chi connectivity index (χ3n) is 4.02. The number of furan rings is 1. The Balaban J connectivity index is 1.52. The van der Waals surface area contributed by atoms with Gasteiger partial charge in [0.1, 0.15) is 17.9 Å². The number of fused-ring (bicyclic) bond motifs is 1. The molecule has 28 heavy (non-hydrogen) atoms. The zero-order valence-corrected chi connectivity index (χ0v) is 15.2. The maximum Gasteiger partial charge on any atom is 0.287 e. The van der Waals surface area contributed by atoms with Crippen LogP contribution in [-0.4, -0.2) is 37.3 Å². The van der Waals surface area contributed by atoms with Crippen molar-refractivity contribution in [3.63, 3.8) is 0 Å². The lowest BCUT2D eigenvalue weighted by Gasteiger charge is -2.07. The summed E-state index contributed by atoms with van der Waals surface area (Å²) in [7, 11) is 1.60. The minimum atomic E-state index is -0.599. The Kier molecular flexibility index (Phi) is 6.25. The number of para-hydroxylation sites is 1. The number of rotatable bonds is 8. The first-order valence-electron chi connectivity index (χ1n) is 8.58. The maximum atomic E-state index is 12.3. The van der Waals surface area contributed by atoms with E-state index in [1.807, 2.05) is 18.2 Å². The van der Waals surface area contributed by atoms with Gasteiger partial charge in [-0.3, -0.25) is 14.8 Å². The van der Waals surface area contributed by atoms with Gasteiger partial charge in [0.25, 0.3) is 11.8 Å². The molecule has 0 aliphatic carbocycles. The number of ether oxygens (including phenoxy) is 2. The van der Waals surface area contributed by atoms with E-state index < -0.39 is 5.91 Å². The van der Waals surface area contributed by atoms with Crippen LogP contribution in [0.5, 0.6) is 5.75 Å². The molecular formula is C20H20N2O6. The predicted octanol–water partition coefficient (Wildman–Crippen LogP) is 2.51. The van der Waals surface area contributed by atoms with Gasteiger partial charge in [-0.1, -0.05) is 18.2 Å². The van der Waals surface area contributed by atoms with E-state index in [9.17, 15) is 9.59 Å². The van der Waals surface area contributed by atoms with Crippen molar-refractivity contribution in [3.05, 3.63) is 65.4 Å². The number of amides is 2. The van der Waals surface area contributed by atoms with Gasteiger partial charge in [0.2, 0.25) is 0 Å². The molecule has 0 aliphatic heterocycles. The SMILES string of the molecule is COCc1cccc2cc(C(=O)NCCOc3ccc(C(=O)NO)cc3)oc12. The summed E-state index contributed by atoms with van der Waals surface area (Å²) in [6.45, 7) is 0.921. The van der Waals surface area contributed by atoms with Crippen molar-refractivity contribution < 1.29 is 28.7 Å². The Hall–Kier alpha value is -3.36. The third-order valence-corrected chi connectivity index (χ3v) is 4.02. The van der Waals surface area contributed by atoms with E-state index in [0.29, 0.717) is 23.5 Å². The van der Waals surface area contributed by atoms with Crippen molar-refractivity contribution in [1.29, 1.82) is 0 Å². The minimum absolute atomic E-state index is 0.220. The Morgan fingerprint density at radius 2 is 1.89 bits per heavy atom. The van der Waals surface area contributed by atoms with Crippen LogP contribution in [0, 0.1) is 0 Å². The largest absolute Gasteiger partial charge is 0.492 e. The molecule has 146 valence electrons. The van der Waals surface area contributed by atoms with Crippen LogP contribution in [0.25, 0.3) is 11.0 Å². The summed E-state index contributed by atoms with van der Waals surface area (Å²) in [5, 5.41) is 12.2. The molecule has 3 rings (SSSR count). The fourth-order valence-corrected chi connectivity index (χ4v) is 2.69. The van der Waals surface area contributed by atoms with Crippen LogP contribution in [0.1, 0.15) is 26.5 Å².